The summed E-state index contributed by atoms with van der Waals surface area (Å²) in [5, 5.41) is 3.67. The fraction of sp³-hybridized carbons (Fsp3) is 0.625. The molecule has 1 aromatic carbocycles. The number of methoxy groups -OCH3 is 1. The molecule has 0 heterocycles. The molecular weight excluding hydrogens is 302 g/mol. The van der Waals surface area contributed by atoms with Crippen molar-refractivity contribution in [1.29, 1.82) is 0 Å². The molecule has 19 heavy (non-hydrogen) atoms. The first-order valence-corrected chi connectivity index (χ1v) is 7.91. The van der Waals surface area contributed by atoms with Gasteiger partial charge >= 0.3 is 0 Å². The Morgan fingerprint density at radius 2 is 2.16 bits per heavy atom. The minimum atomic E-state index is 0.303. The van der Waals surface area contributed by atoms with Gasteiger partial charge in [-0.05, 0) is 54.9 Å². The Kier molecular flexibility index (Phi) is 4.91. The second kappa shape index (κ2) is 6.27. The van der Waals surface area contributed by atoms with Crippen LogP contribution in [0.3, 0.4) is 0 Å². The van der Waals surface area contributed by atoms with Crippen LogP contribution in [0.15, 0.2) is 22.7 Å². The maximum Gasteiger partial charge on any atom is 0.119 e. The van der Waals surface area contributed by atoms with Crippen molar-refractivity contribution in [3.05, 3.63) is 28.2 Å². The van der Waals surface area contributed by atoms with Gasteiger partial charge < -0.3 is 10.1 Å². The molecule has 1 atom stereocenters. The summed E-state index contributed by atoms with van der Waals surface area (Å²) in [5.74, 6) is 0.937. The monoisotopic (exact) mass is 325 g/mol. The summed E-state index contributed by atoms with van der Waals surface area (Å²) in [6.45, 7) is 5.74. The molecule has 2 rings (SSSR count). The second-order valence-corrected chi connectivity index (χ2v) is 6.81. The van der Waals surface area contributed by atoms with Gasteiger partial charge in [0.15, 0.2) is 0 Å². The fourth-order valence-electron chi connectivity index (χ4n) is 2.26. The zero-order valence-electron chi connectivity index (χ0n) is 12.1. The number of rotatable bonds is 7. The van der Waals surface area contributed by atoms with Gasteiger partial charge in [-0.25, -0.2) is 0 Å². The predicted molar refractivity (Wildman–Crippen MR) is 83.8 cm³/mol. The average Bonchev–Trinajstić information content (AvgIpc) is 3.23. The summed E-state index contributed by atoms with van der Waals surface area (Å²) in [4.78, 5) is 0. The van der Waals surface area contributed by atoms with Crippen molar-refractivity contribution in [3.8, 4) is 5.75 Å². The minimum Gasteiger partial charge on any atom is -0.497 e. The summed E-state index contributed by atoms with van der Waals surface area (Å²) in [7, 11) is 1.72. The highest BCUT2D eigenvalue weighted by molar-refractivity contribution is 9.10. The molecule has 0 aliphatic heterocycles. The normalized spacial score (nSPS) is 18.1. The van der Waals surface area contributed by atoms with Gasteiger partial charge in [-0.1, -0.05) is 29.8 Å². The highest BCUT2D eigenvalue weighted by Gasteiger charge is 2.28. The van der Waals surface area contributed by atoms with Crippen molar-refractivity contribution < 1.29 is 4.74 Å². The van der Waals surface area contributed by atoms with Crippen LogP contribution in [0.2, 0.25) is 0 Å². The Hall–Kier alpha value is -0.540. The lowest BCUT2D eigenvalue weighted by Crippen LogP contribution is -2.34. The predicted octanol–water partition coefficient (Wildman–Crippen LogP) is 4.17. The SMILES string of the molecule is CCC(C)(CNC1CC1)Cc1cc(OC)ccc1Br. The molecule has 0 radical (unpaired) electrons. The Balaban J connectivity index is 2.06. The van der Waals surface area contributed by atoms with Gasteiger partial charge in [0.05, 0.1) is 7.11 Å². The highest BCUT2D eigenvalue weighted by Crippen LogP contribution is 2.32. The first-order valence-electron chi connectivity index (χ1n) is 7.12. The molecule has 106 valence electrons. The lowest BCUT2D eigenvalue weighted by Gasteiger charge is -2.29. The van der Waals surface area contributed by atoms with E-state index in [1.165, 1.54) is 29.3 Å². The number of benzene rings is 1. The molecule has 2 nitrogen and oxygen atoms in total. The van der Waals surface area contributed by atoms with Gasteiger partial charge in [-0.2, -0.15) is 0 Å². The Labute approximate surface area is 125 Å². The first-order chi connectivity index (χ1) is 9.06. The molecule has 1 aliphatic carbocycles. The maximum absolute atomic E-state index is 5.33. The third kappa shape index (κ3) is 4.22. The van der Waals surface area contributed by atoms with Crippen molar-refractivity contribution in [3.63, 3.8) is 0 Å². The number of hydrogen-bond acceptors (Lipinski definition) is 2. The zero-order valence-corrected chi connectivity index (χ0v) is 13.7. The molecule has 1 unspecified atom stereocenters. The van der Waals surface area contributed by atoms with E-state index in [2.05, 4.69) is 47.2 Å². The lowest BCUT2D eigenvalue weighted by atomic mass is 9.81. The van der Waals surface area contributed by atoms with Crippen LogP contribution in [0, 0.1) is 5.41 Å². The maximum atomic E-state index is 5.33. The van der Waals surface area contributed by atoms with Gasteiger partial charge in [0.2, 0.25) is 0 Å². The highest BCUT2D eigenvalue weighted by atomic mass is 79.9. The van der Waals surface area contributed by atoms with E-state index in [-0.39, 0.29) is 0 Å². The van der Waals surface area contributed by atoms with E-state index in [4.69, 9.17) is 4.74 Å². The van der Waals surface area contributed by atoms with Crippen LogP contribution in [0.5, 0.6) is 5.75 Å². The molecule has 1 N–H and O–H groups in total. The van der Waals surface area contributed by atoms with Crippen LogP contribution in [-0.4, -0.2) is 19.7 Å². The smallest absolute Gasteiger partial charge is 0.119 e. The molecule has 1 aliphatic rings. The Morgan fingerprint density at radius 3 is 2.74 bits per heavy atom. The first kappa shape index (κ1) is 14.9. The van der Waals surface area contributed by atoms with Gasteiger partial charge in [-0.15, -0.1) is 0 Å². The van der Waals surface area contributed by atoms with Crippen LogP contribution in [0.1, 0.15) is 38.7 Å². The van der Waals surface area contributed by atoms with E-state index in [0.29, 0.717) is 5.41 Å². The Morgan fingerprint density at radius 1 is 1.42 bits per heavy atom. The zero-order chi connectivity index (χ0) is 13.9. The standard InChI is InChI=1S/C16H24BrNO/c1-4-16(2,11-18-13-5-6-13)10-12-9-14(19-3)7-8-15(12)17/h7-9,13,18H,4-6,10-11H2,1-3H3. The minimum absolute atomic E-state index is 0.303. The van der Waals surface area contributed by atoms with Crippen LogP contribution < -0.4 is 10.1 Å². The number of nitrogens with one attached hydrogen (secondary N) is 1. The molecule has 0 amide bonds. The molecular formula is C16H24BrNO. The fourth-order valence-corrected chi connectivity index (χ4v) is 2.65. The largest absolute Gasteiger partial charge is 0.497 e. The van der Waals surface area contributed by atoms with Crippen molar-refractivity contribution in [2.24, 2.45) is 5.41 Å². The number of ether oxygens (including phenoxy) is 1. The molecule has 0 spiro atoms. The van der Waals surface area contributed by atoms with E-state index in [9.17, 15) is 0 Å². The van der Waals surface area contributed by atoms with Crippen LogP contribution in [-0.2, 0) is 6.42 Å². The third-order valence-corrected chi connectivity index (χ3v) is 4.89. The van der Waals surface area contributed by atoms with Crippen LogP contribution >= 0.6 is 15.9 Å². The lowest BCUT2D eigenvalue weighted by molar-refractivity contribution is 0.288. The molecule has 1 saturated carbocycles. The number of halogens is 1. The summed E-state index contributed by atoms with van der Waals surface area (Å²) in [6.07, 6.45) is 4.95. The van der Waals surface area contributed by atoms with Gasteiger partial charge in [0.1, 0.15) is 5.75 Å². The Bertz CT molecular complexity index is 431. The summed E-state index contributed by atoms with van der Waals surface area (Å²) in [6, 6.07) is 7.01. The summed E-state index contributed by atoms with van der Waals surface area (Å²) < 4.78 is 6.51. The molecule has 0 saturated heterocycles. The van der Waals surface area contributed by atoms with Gasteiger partial charge in [0, 0.05) is 17.1 Å². The quantitative estimate of drug-likeness (QED) is 0.812. The second-order valence-electron chi connectivity index (χ2n) is 5.95. The van der Waals surface area contributed by atoms with Crippen molar-refractivity contribution >= 4 is 15.9 Å². The third-order valence-electron chi connectivity index (χ3n) is 4.12. The van der Waals surface area contributed by atoms with E-state index in [1.807, 2.05) is 6.07 Å². The van der Waals surface area contributed by atoms with Gasteiger partial charge in [0.25, 0.3) is 0 Å². The molecule has 0 aromatic heterocycles. The van der Waals surface area contributed by atoms with Crippen molar-refractivity contribution in [2.45, 2.75) is 45.6 Å². The molecule has 1 aromatic rings. The topological polar surface area (TPSA) is 21.3 Å². The van der Waals surface area contributed by atoms with Crippen LogP contribution in [0.25, 0.3) is 0 Å². The van der Waals surface area contributed by atoms with Crippen molar-refractivity contribution in [2.75, 3.05) is 13.7 Å². The molecule has 1 fully saturated rings. The number of hydrogen-bond donors (Lipinski definition) is 1. The van der Waals surface area contributed by atoms with E-state index >= 15 is 0 Å². The van der Waals surface area contributed by atoms with E-state index < -0.39 is 0 Å². The van der Waals surface area contributed by atoms with E-state index in [1.54, 1.807) is 7.11 Å². The summed E-state index contributed by atoms with van der Waals surface area (Å²) in [5.41, 5.74) is 1.64. The van der Waals surface area contributed by atoms with Crippen LogP contribution in [0.4, 0.5) is 0 Å². The van der Waals surface area contributed by atoms with Gasteiger partial charge in [-0.3, -0.25) is 0 Å². The molecule has 3 heteroatoms. The summed E-state index contributed by atoms with van der Waals surface area (Å²) >= 11 is 3.66. The molecule has 0 bridgehead atoms. The van der Waals surface area contributed by atoms with E-state index in [0.717, 1.165) is 24.8 Å². The van der Waals surface area contributed by atoms with Crippen molar-refractivity contribution in [1.82, 2.24) is 5.32 Å². The average molecular weight is 326 g/mol.